The first-order chi connectivity index (χ1) is 7.18. The molecule has 1 aromatic rings. The standard InChI is InChI=1S/C11H9IO2S/c12-8-6-9(15-10(8)11(13)14)7-4-2-1-3-5-7/h1-5,9H,6H2,(H,13,14). The first kappa shape index (κ1) is 11.0. The van der Waals surface area contributed by atoms with E-state index in [2.05, 4.69) is 22.6 Å². The van der Waals surface area contributed by atoms with E-state index in [-0.39, 0.29) is 5.25 Å². The fourth-order valence-electron chi connectivity index (χ4n) is 1.52. The molecule has 1 aliphatic rings. The Kier molecular flexibility index (Phi) is 3.35. The molecular weight excluding hydrogens is 323 g/mol. The third kappa shape index (κ3) is 2.36. The van der Waals surface area contributed by atoms with Crippen LogP contribution in [0, 0.1) is 0 Å². The van der Waals surface area contributed by atoms with Crippen LogP contribution in [0.15, 0.2) is 38.8 Å². The summed E-state index contributed by atoms with van der Waals surface area (Å²) in [6.07, 6.45) is 0.830. The van der Waals surface area contributed by atoms with E-state index >= 15 is 0 Å². The van der Waals surface area contributed by atoms with E-state index in [1.807, 2.05) is 30.3 Å². The lowest BCUT2D eigenvalue weighted by atomic mass is 10.1. The highest BCUT2D eigenvalue weighted by Crippen LogP contribution is 2.49. The van der Waals surface area contributed by atoms with Gasteiger partial charge in [0.1, 0.15) is 4.91 Å². The first-order valence-corrected chi connectivity index (χ1v) is 6.48. The van der Waals surface area contributed by atoms with Gasteiger partial charge in [-0.05, 0) is 34.6 Å². The van der Waals surface area contributed by atoms with E-state index < -0.39 is 5.97 Å². The number of carboxylic acids is 1. The maximum atomic E-state index is 10.9. The highest BCUT2D eigenvalue weighted by atomic mass is 127. The fraction of sp³-hybridized carbons (Fsp3) is 0.182. The molecule has 2 nitrogen and oxygen atoms in total. The Morgan fingerprint density at radius 3 is 2.60 bits per heavy atom. The molecule has 78 valence electrons. The van der Waals surface area contributed by atoms with Crippen LogP contribution in [-0.2, 0) is 4.79 Å². The number of allylic oxidation sites excluding steroid dienone is 1. The van der Waals surface area contributed by atoms with E-state index in [0.717, 1.165) is 10.0 Å². The van der Waals surface area contributed by atoms with Crippen molar-refractivity contribution in [3.05, 3.63) is 44.4 Å². The smallest absolute Gasteiger partial charge is 0.342 e. The molecule has 0 aromatic heterocycles. The Balaban J connectivity index is 2.17. The normalized spacial score (nSPS) is 20.7. The third-order valence-corrected chi connectivity index (χ3v) is 4.96. The van der Waals surface area contributed by atoms with Gasteiger partial charge in [0, 0.05) is 8.83 Å². The number of hydrogen-bond acceptors (Lipinski definition) is 2. The summed E-state index contributed by atoms with van der Waals surface area (Å²) in [6, 6.07) is 10.0. The van der Waals surface area contributed by atoms with Gasteiger partial charge in [0.2, 0.25) is 0 Å². The summed E-state index contributed by atoms with van der Waals surface area (Å²) in [7, 11) is 0. The summed E-state index contributed by atoms with van der Waals surface area (Å²) < 4.78 is 0.957. The van der Waals surface area contributed by atoms with Crippen LogP contribution >= 0.6 is 34.4 Å². The summed E-state index contributed by atoms with van der Waals surface area (Å²) >= 11 is 3.58. The SMILES string of the molecule is O=C(O)C1=C(I)CC(c2ccccc2)S1. The minimum atomic E-state index is -0.803. The Hall–Kier alpha value is -0.490. The van der Waals surface area contributed by atoms with Crippen LogP contribution in [0.25, 0.3) is 0 Å². The lowest BCUT2D eigenvalue weighted by Crippen LogP contribution is -1.95. The Morgan fingerprint density at radius 1 is 1.40 bits per heavy atom. The lowest BCUT2D eigenvalue weighted by molar-refractivity contribution is -0.131. The zero-order chi connectivity index (χ0) is 10.8. The Labute approximate surface area is 106 Å². The topological polar surface area (TPSA) is 37.3 Å². The second-order valence-electron chi connectivity index (χ2n) is 3.26. The minimum Gasteiger partial charge on any atom is -0.477 e. The van der Waals surface area contributed by atoms with E-state index in [1.165, 1.54) is 17.3 Å². The van der Waals surface area contributed by atoms with Gasteiger partial charge < -0.3 is 5.11 Å². The van der Waals surface area contributed by atoms with Crippen molar-refractivity contribution in [3.63, 3.8) is 0 Å². The van der Waals surface area contributed by atoms with Crippen molar-refractivity contribution in [2.24, 2.45) is 0 Å². The number of hydrogen-bond donors (Lipinski definition) is 1. The maximum Gasteiger partial charge on any atom is 0.342 e. The molecule has 0 saturated carbocycles. The summed E-state index contributed by atoms with van der Waals surface area (Å²) in [6.45, 7) is 0. The molecule has 1 N–H and O–H groups in total. The van der Waals surface area contributed by atoms with E-state index in [4.69, 9.17) is 5.11 Å². The molecule has 2 rings (SSSR count). The molecule has 1 aliphatic heterocycles. The highest BCUT2D eigenvalue weighted by molar-refractivity contribution is 14.1. The van der Waals surface area contributed by atoms with Gasteiger partial charge in [-0.15, -0.1) is 11.8 Å². The van der Waals surface area contributed by atoms with Gasteiger partial charge in [-0.3, -0.25) is 0 Å². The van der Waals surface area contributed by atoms with Crippen molar-refractivity contribution >= 4 is 40.3 Å². The van der Waals surface area contributed by atoms with Crippen molar-refractivity contribution in [1.29, 1.82) is 0 Å². The van der Waals surface area contributed by atoms with Gasteiger partial charge in [-0.1, -0.05) is 30.3 Å². The average Bonchev–Trinajstić information content (AvgIpc) is 2.62. The Bertz CT molecular complexity index is 414. The Morgan fingerprint density at radius 2 is 2.07 bits per heavy atom. The highest BCUT2D eigenvalue weighted by Gasteiger charge is 2.28. The largest absolute Gasteiger partial charge is 0.477 e. The second kappa shape index (κ2) is 4.57. The summed E-state index contributed by atoms with van der Waals surface area (Å²) in [5.41, 5.74) is 1.20. The van der Waals surface area contributed by atoms with Gasteiger partial charge in [-0.2, -0.15) is 0 Å². The molecule has 0 fully saturated rings. The average molecular weight is 332 g/mol. The first-order valence-electron chi connectivity index (χ1n) is 4.52. The molecular formula is C11H9IO2S. The van der Waals surface area contributed by atoms with Gasteiger partial charge in [0.15, 0.2) is 0 Å². The molecule has 0 saturated heterocycles. The maximum absolute atomic E-state index is 10.9. The molecule has 0 aliphatic carbocycles. The quantitative estimate of drug-likeness (QED) is 0.841. The minimum absolute atomic E-state index is 0.268. The summed E-state index contributed by atoms with van der Waals surface area (Å²) in [5.74, 6) is -0.803. The lowest BCUT2D eigenvalue weighted by Gasteiger charge is -2.08. The molecule has 1 atom stereocenters. The zero-order valence-electron chi connectivity index (χ0n) is 7.81. The fourth-order valence-corrected chi connectivity index (χ4v) is 4.01. The summed E-state index contributed by atoms with van der Waals surface area (Å²) in [5, 5.41) is 9.23. The van der Waals surface area contributed by atoms with Crippen LogP contribution in [0.3, 0.4) is 0 Å². The van der Waals surface area contributed by atoms with Crippen molar-refractivity contribution < 1.29 is 9.90 Å². The van der Waals surface area contributed by atoms with Crippen molar-refractivity contribution in [1.82, 2.24) is 0 Å². The molecule has 0 amide bonds. The van der Waals surface area contributed by atoms with Crippen LogP contribution in [0.4, 0.5) is 0 Å². The molecule has 0 spiro atoms. The number of rotatable bonds is 2. The van der Waals surface area contributed by atoms with E-state index in [9.17, 15) is 4.79 Å². The van der Waals surface area contributed by atoms with Gasteiger partial charge >= 0.3 is 5.97 Å². The van der Waals surface area contributed by atoms with E-state index in [0.29, 0.717) is 4.91 Å². The van der Waals surface area contributed by atoms with Crippen LogP contribution in [0.5, 0.6) is 0 Å². The predicted molar refractivity (Wildman–Crippen MR) is 70.1 cm³/mol. The zero-order valence-corrected chi connectivity index (χ0v) is 10.8. The molecule has 4 heteroatoms. The van der Waals surface area contributed by atoms with E-state index in [1.54, 1.807) is 0 Å². The second-order valence-corrected chi connectivity index (χ2v) is 5.78. The molecule has 1 aromatic carbocycles. The van der Waals surface area contributed by atoms with Crippen molar-refractivity contribution in [2.75, 3.05) is 0 Å². The molecule has 15 heavy (non-hydrogen) atoms. The van der Waals surface area contributed by atoms with Crippen molar-refractivity contribution in [2.45, 2.75) is 11.7 Å². The number of thioether (sulfide) groups is 1. The van der Waals surface area contributed by atoms with Crippen LogP contribution < -0.4 is 0 Å². The van der Waals surface area contributed by atoms with Gasteiger partial charge in [0.25, 0.3) is 0 Å². The number of carboxylic acid groups (broad SMARTS) is 1. The van der Waals surface area contributed by atoms with Crippen LogP contribution in [0.1, 0.15) is 17.2 Å². The van der Waals surface area contributed by atoms with Crippen LogP contribution in [-0.4, -0.2) is 11.1 Å². The van der Waals surface area contributed by atoms with Gasteiger partial charge in [0.05, 0.1) is 0 Å². The molecule has 1 heterocycles. The number of halogens is 1. The number of carbonyl (C=O) groups is 1. The molecule has 1 unspecified atom stereocenters. The van der Waals surface area contributed by atoms with Gasteiger partial charge in [-0.25, -0.2) is 4.79 Å². The number of aliphatic carboxylic acids is 1. The number of benzene rings is 1. The summed E-state index contributed by atoms with van der Waals surface area (Å²) in [4.78, 5) is 11.4. The third-order valence-electron chi connectivity index (χ3n) is 2.24. The molecule has 0 radical (unpaired) electrons. The predicted octanol–water partition coefficient (Wildman–Crippen LogP) is 3.60. The van der Waals surface area contributed by atoms with Crippen LogP contribution in [0.2, 0.25) is 0 Å². The monoisotopic (exact) mass is 332 g/mol. The van der Waals surface area contributed by atoms with Crippen molar-refractivity contribution in [3.8, 4) is 0 Å². The molecule has 0 bridgehead atoms.